The molecule has 3 N–H and O–H groups in total. The van der Waals surface area contributed by atoms with Crippen LogP contribution in [0.1, 0.15) is 11.6 Å². The summed E-state index contributed by atoms with van der Waals surface area (Å²) in [5.41, 5.74) is 1.59. The van der Waals surface area contributed by atoms with Gasteiger partial charge in [0.1, 0.15) is 6.04 Å². The van der Waals surface area contributed by atoms with E-state index in [0.717, 1.165) is 10.9 Å². The van der Waals surface area contributed by atoms with Gasteiger partial charge in [-0.1, -0.05) is 11.6 Å². The molecule has 2 heterocycles. The number of urea groups is 1. The van der Waals surface area contributed by atoms with Crippen molar-refractivity contribution < 1.29 is 9.59 Å². The molecule has 1 aliphatic rings. The number of halogens is 1. The van der Waals surface area contributed by atoms with Crippen molar-refractivity contribution in [3.8, 4) is 0 Å². The van der Waals surface area contributed by atoms with Gasteiger partial charge in [0, 0.05) is 27.7 Å². The highest BCUT2D eigenvalue weighted by Crippen LogP contribution is 2.28. The zero-order valence-corrected chi connectivity index (χ0v) is 9.34. The highest BCUT2D eigenvalue weighted by molar-refractivity contribution is 6.31. The number of benzene rings is 1. The van der Waals surface area contributed by atoms with Gasteiger partial charge in [-0.3, -0.25) is 10.1 Å². The molecule has 1 aromatic carbocycles. The van der Waals surface area contributed by atoms with Crippen LogP contribution in [0.25, 0.3) is 10.9 Å². The smallest absolute Gasteiger partial charge is 0.322 e. The second kappa shape index (κ2) is 3.49. The Bertz CT molecular complexity index is 635. The van der Waals surface area contributed by atoms with E-state index < -0.39 is 12.1 Å². The van der Waals surface area contributed by atoms with Crippen LogP contribution in [0, 0.1) is 0 Å². The molecule has 0 unspecified atom stereocenters. The van der Waals surface area contributed by atoms with Crippen molar-refractivity contribution in [3.63, 3.8) is 0 Å². The minimum atomic E-state index is -0.658. The summed E-state index contributed by atoms with van der Waals surface area (Å²) >= 11 is 5.92. The van der Waals surface area contributed by atoms with Crippen molar-refractivity contribution >= 4 is 34.4 Å². The summed E-state index contributed by atoms with van der Waals surface area (Å²) in [5, 5.41) is 6.17. The number of carbonyl (C=O) groups is 2. The van der Waals surface area contributed by atoms with Crippen molar-refractivity contribution in [1.29, 1.82) is 0 Å². The number of rotatable bonds is 1. The van der Waals surface area contributed by atoms with E-state index in [1.54, 1.807) is 18.3 Å². The number of imide groups is 1. The van der Waals surface area contributed by atoms with Crippen LogP contribution in [-0.4, -0.2) is 16.9 Å². The number of aromatic amines is 1. The third-order valence-electron chi connectivity index (χ3n) is 2.76. The number of fused-ring (bicyclic) bond motifs is 1. The van der Waals surface area contributed by atoms with Gasteiger partial charge < -0.3 is 10.3 Å². The normalized spacial score (nSPS) is 19.5. The largest absolute Gasteiger partial charge is 0.361 e. The lowest BCUT2D eigenvalue weighted by Gasteiger charge is -2.05. The average molecular weight is 250 g/mol. The highest BCUT2D eigenvalue weighted by Gasteiger charge is 2.32. The Morgan fingerprint density at radius 2 is 2.06 bits per heavy atom. The van der Waals surface area contributed by atoms with E-state index in [0.29, 0.717) is 10.6 Å². The zero-order valence-electron chi connectivity index (χ0n) is 8.58. The molecule has 1 atom stereocenters. The van der Waals surface area contributed by atoms with Crippen LogP contribution in [0.15, 0.2) is 24.4 Å². The van der Waals surface area contributed by atoms with E-state index in [2.05, 4.69) is 15.6 Å². The highest BCUT2D eigenvalue weighted by atomic mass is 35.5. The first-order valence-corrected chi connectivity index (χ1v) is 5.41. The van der Waals surface area contributed by atoms with Crippen LogP contribution >= 0.6 is 11.6 Å². The number of aromatic nitrogens is 1. The van der Waals surface area contributed by atoms with E-state index >= 15 is 0 Å². The molecule has 2 aromatic rings. The summed E-state index contributed by atoms with van der Waals surface area (Å²) in [6.07, 6.45) is 1.71. The predicted molar refractivity (Wildman–Crippen MR) is 62.7 cm³/mol. The van der Waals surface area contributed by atoms with Crippen molar-refractivity contribution in [2.75, 3.05) is 0 Å². The topological polar surface area (TPSA) is 74.0 Å². The average Bonchev–Trinajstić information content (AvgIpc) is 2.81. The number of hydrogen-bond donors (Lipinski definition) is 3. The van der Waals surface area contributed by atoms with Crippen molar-refractivity contribution in [1.82, 2.24) is 15.6 Å². The maximum Gasteiger partial charge on any atom is 0.322 e. The molecule has 3 rings (SSSR count). The fourth-order valence-corrected chi connectivity index (χ4v) is 2.16. The number of nitrogens with one attached hydrogen (secondary N) is 3. The van der Waals surface area contributed by atoms with E-state index in [9.17, 15) is 9.59 Å². The maximum absolute atomic E-state index is 11.6. The van der Waals surface area contributed by atoms with Gasteiger partial charge in [-0.2, -0.15) is 0 Å². The molecule has 17 heavy (non-hydrogen) atoms. The van der Waals surface area contributed by atoms with Crippen LogP contribution in [0.4, 0.5) is 4.79 Å². The van der Waals surface area contributed by atoms with Crippen LogP contribution in [0.5, 0.6) is 0 Å². The Labute approximate surface area is 101 Å². The number of carbonyl (C=O) groups excluding carboxylic acids is 2. The number of H-pyrrole nitrogens is 1. The van der Waals surface area contributed by atoms with Crippen molar-refractivity contribution in [2.45, 2.75) is 6.04 Å². The molecule has 0 bridgehead atoms. The first-order valence-electron chi connectivity index (χ1n) is 5.03. The first kappa shape index (κ1) is 10.2. The van der Waals surface area contributed by atoms with Gasteiger partial charge >= 0.3 is 6.03 Å². The SMILES string of the molecule is O=C1NC(=O)[C@@H](c2c[nH]c3ccc(Cl)cc23)N1. The van der Waals surface area contributed by atoms with Gasteiger partial charge in [0.15, 0.2) is 0 Å². The standard InChI is InChI=1S/C11H8ClN3O2/c12-5-1-2-8-6(3-5)7(4-13-8)9-10(16)15-11(17)14-9/h1-4,9,13H,(H2,14,15,16,17)/t9-/m1/s1. The molecule has 1 aromatic heterocycles. The number of amides is 3. The Hall–Kier alpha value is -2.01. The Morgan fingerprint density at radius 1 is 1.24 bits per heavy atom. The molecular weight excluding hydrogens is 242 g/mol. The molecule has 0 aliphatic carbocycles. The summed E-state index contributed by atoms with van der Waals surface area (Å²) in [6, 6.07) is 4.22. The van der Waals surface area contributed by atoms with E-state index in [4.69, 9.17) is 11.6 Å². The van der Waals surface area contributed by atoms with Crippen LogP contribution in [-0.2, 0) is 4.79 Å². The van der Waals surface area contributed by atoms with Crippen molar-refractivity contribution in [3.05, 3.63) is 35.0 Å². The molecule has 3 amide bonds. The van der Waals surface area contributed by atoms with Gasteiger partial charge in [-0.05, 0) is 18.2 Å². The van der Waals surface area contributed by atoms with E-state index in [-0.39, 0.29) is 5.91 Å². The van der Waals surface area contributed by atoms with E-state index in [1.165, 1.54) is 0 Å². The van der Waals surface area contributed by atoms with Crippen LogP contribution in [0.2, 0.25) is 5.02 Å². The Kier molecular flexibility index (Phi) is 2.09. The molecule has 0 spiro atoms. The van der Waals surface area contributed by atoms with Crippen LogP contribution in [0.3, 0.4) is 0 Å². The maximum atomic E-state index is 11.6. The third-order valence-corrected chi connectivity index (χ3v) is 3.00. The summed E-state index contributed by atoms with van der Waals surface area (Å²) in [5.74, 6) is -0.351. The van der Waals surface area contributed by atoms with Crippen molar-refractivity contribution in [2.24, 2.45) is 0 Å². The van der Waals surface area contributed by atoms with Gasteiger partial charge in [0.05, 0.1) is 0 Å². The summed E-state index contributed by atoms with van der Waals surface area (Å²) in [6.45, 7) is 0. The molecule has 5 nitrogen and oxygen atoms in total. The second-order valence-corrected chi connectivity index (χ2v) is 4.27. The Morgan fingerprint density at radius 3 is 2.76 bits per heavy atom. The molecular formula is C11H8ClN3O2. The fourth-order valence-electron chi connectivity index (χ4n) is 1.99. The van der Waals surface area contributed by atoms with Gasteiger partial charge in [-0.15, -0.1) is 0 Å². The van der Waals surface area contributed by atoms with E-state index in [1.807, 2.05) is 6.07 Å². The molecule has 1 aliphatic heterocycles. The predicted octanol–water partition coefficient (Wildman–Crippen LogP) is 1.70. The zero-order chi connectivity index (χ0) is 12.0. The molecule has 6 heteroatoms. The summed E-state index contributed by atoms with van der Waals surface area (Å²) in [4.78, 5) is 25.7. The lowest BCUT2D eigenvalue weighted by Crippen LogP contribution is -2.22. The Balaban J connectivity index is 2.14. The molecule has 0 saturated carbocycles. The molecule has 86 valence electrons. The quantitative estimate of drug-likeness (QED) is 0.673. The fraction of sp³-hybridized carbons (Fsp3) is 0.0909. The molecule has 0 radical (unpaired) electrons. The van der Waals surface area contributed by atoms with Gasteiger partial charge in [-0.25, -0.2) is 4.79 Å². The summed E-state index contributed by atoms with van der Waals surface area (Å²) < 4.78 is 0. The summed E-state index contributed by atoms with van der Waals surface area (Å²) in [7, 11) is 0. The lowest BCUT2D eigenvalue weighted by atomic mass is 10.1. The molecule has 1 saturated heterocycles. The lowest BCUT2D eigenvalue weighted by molar-refractivity contribution is -0.120. The second-order valence-electron chi connectivity index (χ2n) is 3.83. The minimum Gasteiger partial charge on any atom is -0.361 e. The number of hydrogen-bond acceptors (Lipinski definition) is 2. The first-order chi connectivity index (χ1) is 8.15. The third kappa shape index (κ3) is 1.55. The monoisotopic (exact) mass is 249 g/mol. The van der Waals surface area contributed by atoms with Gasteiger partial charge in [0.25, 0.3) is 5.91 Å². The minimum absolute atomic E-state index is 0.351. The van der Waals surface area contributed by atoms with Gasteiger partial charge in [0.2, 0.25) is 0 Å². The molecule has 1 fully saturated rings. The van der Waals surface area contributed by atoms with Crippen LogP contribution < -0.4 is 10.6 Å².